The maximum Gasteiger partial charge on any atom is 0.344 e. The largest absolute Gasteiger partial charge is 0.464 e. The molecular formula is C19H28FN3O2. The Labute approximate surface area is 148 Å². The number of carbonyl (C=O) groups is 1. The van der Waals surface area contributed by atoms with Crippen molar-refractivity contribution in [2.24, 2.45) is 0 Å². The van der Waals surface area contributed by atoms with E-state index < -0.39 is 11.6 Å². The molecule has 0 spiro atoms. The van der Waals surface area contributed by atoms with E-state index in [1.807, 2.05) is 18.2 Å². The molecule has 3 N–H and O–H groups in total. The summed E-state index contributed by atoms with van der Waals surface area (Å²) < 4.78 is 19.6. The van der Waals surface area contributed by atoms with Gasteiger partial charge in [0.05, 0.1) is 18.0 Å². The Morgan fingerprint density at radius 1 is 1.36 bits per heavy atom. The summed E-state index contributed by atoms with van der Waals surface area (Å²) in [4.78, 5) is 13.9. The molecule has 3 rings (SSSR count). The lowest BCUT2D eigenvalue weighted by Gasteiger charge is -2.36. The summed E-state index contributed by atoms with van der Waals surface area (Å²) in [5, 5.41) is 3.54. The highest BCUT2D eigenvalue weighted by Crippen LogP contribution is 2.34. The minimum Gasteiger partial charge on any atom is -0.464 e. The molecule has 0 radical (unpaired) electrons. The molecule has 0 bridgehead atoms. The zero-order chi connectivity index (χ0) is 17.9. The third-order valence-corrected chi connectivity index (χ3v) is 5.31. The zero-order valence-electron chi connectivity index (χ0n) is 14.9. The highest BCUT2D eigenvalue weighted by Gasteiger charge is 2.43. The van der Waals surface area contributed by atoms with Crippen molar-refractivity contribution in [2.75, 3.05) is 35.6 Å². The third-order valence-electron chi connectivity index (χ3n) is 5.31. The summed E-state index contributed by atoms with van der Waals surface area (Å²) in [6, 6.07) is 6.39. The lowest BCUT2D eigenvalue weighted by Crippen LogP contribution is -2.47. The Bertz CT molecular complexity index is 609. The first-order valence-corrected chi connectivity index (χ1v) is 9.29. The number of nitrogens with two attached hydrogens (primary N) is 1. The molecule has 25 heavy (non-hydrogen) atoms. The van der Waals surface area contributed by atoms with Crippen molar-refractivity contribution in [3.05, 3.63) is 18.2 Å². The number of nitrogens with zero attached hydrogens (tertiary/aromatic N) is 1. The Morgan fingerprint density at radius 3 is 2.68 bits per heavy atom. The van der Waals surface area contributed by atoms with Crippen molar-refractivity contribution < 1.29 is 13.9 Å². The van der Waals surface area contributed by atoms with Gasteiger partial charge in [-0.3, -0.25) is 0 Å². The molecule has 0 unspecified atom stereocenters. The second-order valence-electron chi connectivity index (χ2n) is 7.07. The van der Waals surface area contributed by atoms with E-state index in [0.29, 0.717) is 19.1 Å². The quantitative estimate of drug-likeness (QED) is 0.629. The molecule has 1 aromatic carbocycles. The SMILES string of the molecule is CCOC(=O)C1(F)CCN(c2ccc(N)c(NC3CCCC3)c2)CC1. The second kappa shape index (κ2) is 7.50. The predicted octanol–water partition coefficient (Wildman–Crippen LogP) is 3.49. The second-order valence-corrected chi connectivity index (χ2v) is 7.07. The standard InChI is InChI=1S/C19H28FN3O2/c1-2-25-18(24)19(20)9-11-23(12-10-19)15-7-8-16(21)17(13-15)22-14-5-3-4-6-14/h7-8,13-14,22H,2-6,9-12,21H2,1H3. The van der Waals surface area contributed by atoms with Gasteiger partial charge in [-0.2, -0.15) is 0 Å². The van der Waals surface area contributed by atoms with Crippen molar-refractivity contribution >= 4 is 23.0 Å². The van der Waals surface area contributed by atoms with Crippen LogP contribution in [-0.2, 0) is 9.53 Å². The number of hydrogen-bond acceptors (Lipinski definition) is 5. The van der Waals surface area contributed by atoms with Crippen molar-refractivity contribution in [1.29, 1.82) is 0 Å². The fraction of sp³-hybridized carbons (Fsp3) is 0.632. The number of rotatable bonds is 5. The van der Waals surface area contributed by atoms with Crippen LogP contribution >= 0.6 is 0 Å². The monoisotopic (exact) mass is 349 g/mol. The van der Waals surface area contributed by atoms with Crippen molar-refractivity contribution in [3.8, 4) is 0 Å². The first-order valence-electron chi connectivity index (χ1n) is 9.29. The van der Waals surface area contributed by atoms with Gasteiger partial charge in [-0.05, 0) is 38.0 Å². The molecule has 2 fully saturated rings. The van der Waals surface area contributed by atoms with Crippen LogP contribution in [0.2, 0.25) is 0 Å². The Balaban J connectivity index is 1.65. The number of ether oxygens (including phenoxy) is 1. The number of alkyl halides is 1. The van der Waals surface area contributed by atoms with Crippen LogP contribution in [0.1, 0.15) is 45.4 Å². The lowest BCUT2D eigenvalue weighted by molar-refractivity contribution is -0.158. The van der Waals surface area contributed by atoms with Crippen LogP contribution in [0.4, 0.5) is 21.5 Å². The molecule has 1 heterocycles. The lowest BCUT2D eigenvalue weighted by atomic mass is 9.93. The highest BCUT2D eigenvalue weighted by atomic mass is 19.1. The maximum absolute atomic E-state index is 14.7. The molecule has 1 saturated heterocycles. The molecule has 5 nitrogen and oxygen atoms in total. The van der Waals surface area contributed by atoms with E-state index in [1.165, 1.54) is 25.7 Å². The van der Waals surface area contributed by atoms with Gasteiger partial charge >= 0.3 is 5.97 Å². The van der Waals surface area contributed by atoms with Gasteiger partial charge in [0.15, 0.2) is 0 Å². The van der Waals surface area contributed by atoms with Crippen molar-refractivity contribution in [3.63, 3.8) is 0 Å². The molecule has 0 amide bonds. The summed E-state index contributed by atoms with van der Waals surface area (Å²) in [5.41, 5.74) is 6.96. The molecule has 0 atom stereocenters. The highest BCUT2D eigenvalue weighted by molar-refractivity contribution is 5.80. The third kappa shape index (κ3) is 3.99. The average molecular weight is 349 g/mol. The van der Waals surface area contributed by atoms with Crippen molar-refractivity contribution in [2.45, 2.75) is 57.2 Å². The van der Waals surface area contributed by atoms with Crippen LogP contribution in [0.25, 0.3) is 0 Å². The molecule has 1 saturated carbocycles. The minimum absolute atomic E-state index is 0.154. The first-order chi connectivity index (χ1) is 12.0. The number of benzene rings is 1. The van der Waals surface area contributed by atoms with Crippen LogP contribution in [0.3, 0.4) is 0 Å². The first kappa shape index (κ1) is 17.8. The number of nitrogens with one attached hydrogen (secondary N) is 1. The normalized spacial score (nSPS) is 20.5. The summed E-state index contributed by atoms with van der Waals surface area (Å²) in [6.07, 6.45) is 5.18. The summed E-state index contributed by atoms with van der Waals surface area (Å²) in [6.45, 7) is 2.89. The molecule has 0 aromatic heterocycles. The number of esters is 1. The number of nitrogen functional groups attached to an aromatic ring is 1. The molecule has 1 aromatic rings. The fourth-order valence-electron chi connectivity index (χ4n) is 3.74. The van der Waals surface area contributed by atoms with Gasteiger partial charge < -0.3 is 20.7 Å². The fourth-order valence-corrected chi connectivity index (χ4v) is 3.74. The summed E-state index contributed by atoms with van der Waals surface area (Å²) >= 11 is 0. The molecule has 138 valence electrons. The Morgan fingerprint density at radius 2 is 2.04 bits per heavy atom. The van der Waals surface area contributed by atoms with E-state index in [2.05, 4.69) is 10.2 Å². The molecule has 1 aliphatic carbocycles. The van der Waals surface area contributed by atoms with Crippen molar-refractivity contribution in [1.82, 2.24) is 0 Å². The van der Waals surface area contributed by atoms with Gasteiger partial charge in [-0.25, -0.2) is 9.18 Å². The minimum atomic E-state index is -1.86. The van der Waals surface area contributed by atoms with Crippen LogP contribution in [0, 0.1) is 0 Å². The van der Waals surface area contributed by atoms with Crippen LogP contribution in [-0.4, -0.2) is 37.4 Å². The molecule has 1 aliphatic heterocycles. The van der Waals surface area contributed by atoms with E-state index in [4.69, 9.17) is 10.5 Å². The van der Waals surface area contributed by atoms with Crippen LogP contribution in [0.15, 0.2) is 18.2 Å². The van der Waals surface area contributed by atoms with E-state index in [9.17, 15) is 9.18 Å². The number of carbonyl (C=O) groups excluding carboxylic acids is 1. The smallest absolute Gasteiger partial charge is 0.344 e. The molecule has 6 heteroatoms. The van der Waals surface area contributed by atoms with Crippen LogP contribution < -0.4 is 16.0 Å². The van der Waals surface area contributed by atoms with Gasteiger partial charge in [0.2, 0.25) is 5.67 Å². The number of halogens is 1. The zero-order valence-corrected chi connectivity index (χ0v) is 14.9. The maximum atomic E-state index is 14.7. The predicted molar refractivity (Wildman–Crippen MR) is 98.7 cm³/mol. The van der Waals surface area contributed by atoms with Gasteiger partial charge in [-0.15, -0.1) is 0 Å². The number of piperidine rings is 1. The van der Waals surface area contributed by atoms with Crippen LogP contribution in [0.5, 0.6) is 0 Å². The van der Waals surface area contributed by atoms with Gasteiger partial charge in [0.25, 0.3) is 0 Å². The van der Waals surface area contributed by atoms with E-state index >= 15 is 0 Å². The van der Waals surface area contributed by atoms with Gasteiger partial charge in [0.1, 0.15) is 0 Å². The van der Waals surface area contributed by atoms with E-state index in [0.717, 1.165) is 17.1 Å². The number of hydrogen-bond donors (Lipinski definition) is 2. The summed E-state index contributed by atoms with van der Waals surface area (Å²) in [5.74, 6) is -0.726. The van der Waals surface area contributed by atoms with E-state index in [-0.39, 0.29) is 19.4 Å². The molecule has 2 aliphatic rings. The Kier molecular flexibility index (Phi) is 5.35. The molecular weight excluding hydrogens is 321 g/mol. The number of anilines is 3. The van der Waals surface area contributed by atoms with Gasteiger partial charge in [-0.1, -0.05) is 12.8 Å². The topological polar surface area (TPSA) is 67.6 Å². The van der Waals surface area contributed by atoms with E-state index in [1.54, 1.807) is 6.92 Å². The Hall–Kier alpha value is -1.98. The van der Waals surface area contributed by atoms with Gasteiger partial charge in [0, 0.05) is 37.7 Å². The summed E-state index contributed by atoms with van der Waals surface area (Å²) in [7, 11) is 0. The average Bonchev–Trinajstić information content (AvgIpc) is 3.11.